The summed E-state index contributed by atoms with van der Waals surface area (Å²) in [6.45, 7) is 1.21. The van der Waals surface area contributed by atoms with Crippen LogP contribution in [-0.2, 0) is 13.1 Å². The first kappa shape index (κ1) is 15.3. The molecule has 0 unspecified atom stereocenters. The Labute approximate surface area is 145 Å². The highest BCUT2D eigenvalue weighted by atomic mass is 15.1. The van der Waals surface area contributed by atoms with E-state index in [0.717, 1.165) is 27.9 Å². The van der Waals surface area contributed by atoms with Crippen LogP contribution in [0.3, 0.4) is 0 Å². The molecule has 1 aliphatic heterocycles. The molecular weight excluding hydrogens is 312 g/mol. The van der Waals surface area contributed by atoms with Gasteiger partial charge in [-0.25, -0.2) is 4.98 Å². The van der Waals surface area contributed by atoms with Crippen LogP contribution in [-0.4, -0.2) is 16.2 Å². The molecule has 6 nitrogen and oxygen atoms in total. The van der Waals surface area contributed by atoms with E-state index in [4.69, 9.17) is 11.5 Å². The van der Waals surface area contributed by atoms with E-state index < -0.39 is 0 Å². The van der Waals surface area contributed by atoms with E-state index in [1.165, 1.54) is 5.56 Å². The van der Waals surface area contributed by atoms with Crippen LogP contribution in [0, 0.1) is 0 Å². The number of hydrogen-bond acceptors (Lipinski definition) is 6. The molecule has 0 spiro atoms. The van der Waals surface area contributed by atoms with Gasteiger partial charge in [-0.2, -0.15) is 4.98 Å². The molecule has 6 heteroatoms. The van der Waals surface area contributed by atoms with Gasteiger partial charge >= 0.3 is 0 Å². The first-order chi connectivity index (χ1) is 12.2. The first-order valence-corrected chi connectivity index (χ1v) is 8.04. The number of nitrogens with zero attached hydrogens (tertiary/aromatic N) is 3. The molecule has 3 aromatic rings. The minimum atomic E-state index is 0.239. The van der Waals surface area contributed by atoms with Gasteiger partial charge in [0.25, 0.3) is 0 Å². The molecule has 2 aromatic carbocycles. The number of rotatable bonds is 4. The summed E-state index contributed by atoms with van der Waals surface area (Å²) in [5.74, 6) is 0.896. The van der Waals surface area contributed by atoms with Gasteiger partial charge in [0.1, 0.15) is 5.82 Å². The number of fused-ring (bicyclic) bond motifs is 1. The quantitative estimate of drug-likeness (QED) is 0.682. The van der Waals surface area contributed by atoms with Crippen LogP contribution < -0.4 is 16.8 Å². The highest BCUT2D eigenvalue weighted by molar-refractivity contribution is 5.91. The van der Waals surface area contributed by atoms with Gasteiger partial charge in [-0.05, 0) is 46.5 Å². The van der Waals surface area contributed by atoms with Crippen molar-refractivity contribution in [2.45, 2.75) is 13.1 Å². The van der Waals surface area contributed by atoms with Crippen molar-refractivity contribution in [2.24, 2.45) is 10.7 Å². The van der Waals surface area contributed by atoms with Gasteiger partial charge < -0.3 is 16.8 Å². The molecule has 124 valence electrons. The van der Waals surface area contributed by atoms with Gasteiger partial charge in [-0.15, -0.1) is 0 Å². The van der Waals surface area contributed by atoms with E-state index in [-0.39, 0.29) is 5.95 Å². The van der Waals surface area contributed by atoms with Crippen LogP contribution in [0.25, 0.3) is 11.1 Å². The lowest BCUT2D eigenvalue weighted by Gasteiger charge is -2.13. The molecule has 1 aromatic heterocycles. The molecule has 25 heavy (non-hydrogen) atoms. The number of hydrogen-bond donors (Lipinski definition) is 3. The molecule has 0 bridgehead atoms. The largest absolute Gasteiger partial charge is 0.368 e. The van der Waals surface area contributed by atoms with Gasteiger partial charge in [0.15, 0.2) is 0 Å². The summed E-state index contributed by atoms with van der Waals surface area (Å²) >= 11 is 0. The second kappa shape index (κ2) is 6.33. The van der Waals surface area contributed by atoms with Gasteiger partial charge in [-0.3, -0.25) is 4.99 Å². The lowest BCUT2D eigenvalue weighted by Crippen LogP contribution is -2.01. The molecule has 0 saturated heterocycles. The monoisotopic (exact) mass is 330 g/mol. The molecule has 0 saturated carbocycles. The number of benzene rings is 2. The van der Waals surface area contributed by atoms with Gasteiger partial charge in [0.05, 0.1) is 6.54 Å². The van der Waals surface area contributed by atoms with Crippen molar-refractivity contribution in [3.63, 3.8) is 0 Å². The minimum Gasteiger partial charge on any atom is -0.368 e. The van der Waals surface area contributed by atoms with Crippen LogP contribution in [0.15, 0.2) is 53.7 Å². The van der Waals surface area contributed by atoms with Crippen molar-refractivity contribution in [3.05, 3.63) is 65.4 Å². The summed E-state index contributed by atoms with van der Waals surface area (Å²) in [7, 11) is 0. The fourth-order valence-corrected chi connectivity index (χ4v) is 3.01. The van der Waals surface area contributed by atoms with Crippen LogP contribution in [0.2, 0.25) is 0 Å². The molecule has 0 radical (unpaired) electrons. The van der Waals surface area contributed by atoms with Crippen molar-refractivity contribution < 1.29 is 0 Å². The summed E-state index contributed by atoms with van der Waals surface area (Å²) in [4.78, 5) is 12.5. The Hall–Kier alpha value is -3.25. The van der Waals surface area contributed by atoms with Crippen molar-refractivity contribution in [1.29, 1.82) is 0 Å². The predicted molar refractivity (Wildman–Crippen MR) is 101 cm³/mol. The fourth-order valence-electron chi connectivity index (χ4n) is 3.01. The van der Waals surface area contributed by atoms with Crippen molar-refractivity contribution in [3.8, 4) is 11.1 Å². The molecular formula is C19H18N6. The number of nitrogens with one attached hydrogen (secondary N) is 1. The maximum absolute atomic E-state index is 5.79. The maximum Gasteiger partial charge on any atom is 0.221 e. The maximum atomic E-state index is 5.79. The zero-order valence-electron chi connectivity index (χ0n) is 13.6. The highest BCUT2D eigenvalue weighted by Gasteiger charge is 2.15. The highest BCUT2D eigenvalue weighted by Crippen LogP contribution is 2.33. The van der Waals surface area contributed by atoms with E-state index in [1.54, 1.807) is 12.3 Å². The smallest absolute Gasteiger partial charge is 0.221 e. The summed E-state index contributed by atoms with van der Waals surface area (Å²) < 4.78 is 0. The van der Waals surface area contributed by atoms with E-state index in [9.17, 15) is 0 Å². The Kier molecular flexibility index (Phi) is 3.87. The third-order valence-corrected chi connectivity index (χ3v) is 4.18. The van der Waals surface area contributed by atoms with Crippen molar-refractivity contribution in [2.75, 3.05) is 11.1 Å². The molecule has 0 fully saturated rings. The van der Waals surface area contributed by atoms with Crippen LogP contribution in [0.5, 0.6) is 0 Å². The molecule has 5 N–H and O–H groups in total. The Balaban J connectivity index is 1.78. The average molecular weight is 330 g/mol. The van der Waals surface area contributed by atoms with Gasteiger partial charge in [0.2, 0.25) is 5.95 Å². The van der Waals surface area contributed by atoms with Gasteiger partial charge in [-0.1, -0.05) is 18.2 Å². The third kappa shape index (κ3) is 3.07. The lowest BCUT2D eigenvalue weighted by molar-refractivity contribution is 1.07. The number of nitrogens with two attached hydrogens (primary N) is 2. The van der Waals surface area contributed by atoms with E-state index in [1.807, 2.05) is 18.3 Å². The molecule has 2 heterocycles. The SMILES string of the molecule is NCc1cccc(-c2cc(Nc3ccnc(N)n3)cc3c2CN=C3)c1. The van der Waals surface area contributed by atoms with Gasteiger partial charge in [0, 0.05) is 30.2 Å². The van der Waals surface area contributed by atoms with E-state index in [2.05, 4.69) is 44.5 Å². The molecule has 0 aliphatic carbocycles. The second-order valence-electron chi connectivity index (χ2n) is 5.89. The molecule has 0 atom stereocenters. The predicted octanol–water partition coefficient (Wildman–Crippen LogP) is 2.86. The zero-order chi connectivity index (χ0) is 17.2. The summed E-state index contributed by atoms with van der Waals surface area (Å²) in [6, 6.07) is 14.3. The Morgan fingerprint density at radius 3 is 2.88 bits per heavy atom. The first-order valence-electron chi connectivity index (χ1n) is 8.04. The minimum absolute atomic E-state index is 0.239. The molecule has 0 amide bonds. The van der Waals surface area contributed by atoms with Crippen LogP contribution >= 0.6 is 0 Å². The standard InChI is InChI=1S/C19H18N6/c20-9-12-2-1-3-13(6-12)16-8-15(7-14-10-22-11-17(14)16)24-18-4-5-23-19(21)25-18/h1-8,10H,9,11,20H2,(H3,21,23,24,25). The summed E-state index contributed by atoms with van der Waals surface area (Å²) in [5.41, 5.74) is 18.1. The zero-order valence-corrected chi connectivity index (χ0v) is 13.6. The van der Waals surface area contributed by atoms with Crippen LogP contribution in [0.4, 0.5) is 17.5 Å². The topological polar surface area (TPSA) is 102 Å². The second-order valence-corrected chi connectivity index (χ2v) is 5.89. The lowest BCUT2D eigenvalue weighted by atomic mass is 9.95. The summed E-state index contributed by atoms with van der Waals surface area (Å²) in [5, 5.41) is 3.30. The summed E-state index contributed by atoms with van der Waals surface area (Å²) in [6.07, 6.45) is 3.54. The Morgan fingerprint density at radius 2 is 2.04 bits per heavy atom. The molecule has 1 aliphatic rings. The van der Waals surface area contributed by atoms with Crippen LogP contribution in [0.1, 0.15) is 16.7 Å². The van der Waals surface area contributed by atoms with Crippen molar-refractivity contribution in [1.82, 2.24) is 9.97 Å². The molecule has 4 rings (SSSR count). The number of nitrogen functional groups attached to an aromatic ring is 1. The fraction of sp³-hybridized carbons (Fsp3) is 0.105. The van der Waals surface area contributed by atoms with E-state index in [0.29, 0.717) is 18.9 Å². The average Bonchev–Trinajstić information content (AvgIpc) is 3.09. The van der Waals surface area contributed by atoms with E-state index >= 15 is 0 Å². The third-order valence-electron chi connectivity index (χ3n) is 4.18. The van der Waals surface area contributed by atoms with Crippen molar-refractivity contribution >= 4 is 23.7 Å². The Morgan fingerprint density at radius 1 is 1.12 bits per heavy atom. The Bertz CT molecular complexity index is 964. The number of aliphatic imine (C=N–C) groups is 1. The number of anilines is 3. The number of aromatic nitrogens is 2. The normalized spacial score (nSPS) is 12.2.